The van der Waals surface area contributed by atoms with Crippen molar-refractivity contribution in [2.45, 2.75) is 9.79 Å². The number of alkyl halides is 1. The first-order valence-corrected chi connectivity index (χ1v) is 9.32. The molecule has 0 unspecified atom stereocenters. The molecule has 0 fully saturated rings. The summed E-state index contributed by atoms with van der Waals surface area (Å²) in [4.78, 5) is -0.0742. The van der Waals surface area contributed by atoms with Crippen LogP contribution >= 0.6 is 11.6 Å². The number of halogens is 1. The first-order valence-electron chi connectivity index (χ1n) is 5.00. The van der Waals surface area contributed by atoms with Gasteiger partial charge >= 0.3 is 0 Å². The van der Waals surface area contributed by atoms with Crippen molar-refractivity contribution in [1.29, 1.82) is 0 Å². The van der Waals surface area contributed by atoms with Gasteiger partial charge in [0, 0.05) is 24.9 Å². The molecular formula is C10H14ClNO4S2. The quantitative estimate of drug-likeness (QED) is 0.825. The number of sulfone groups is 2. The zero-order chi connectivity index (χ0) is 14.0. The van der Waals surface area contributed by atoms with Gasteiger partial charge in [0.2, 0.25) is 0 Å². The van der Waals surface area contributed by atoms with E-state index in [2.05, 4.69) is 5.32 Å². The summed E-state index contributed by atoms with van der Waals surface area (Å²) in [6.45, 7) is 0.391. The van der Waals surface area contributed by atoms with Gasteiger partial charge in [0.25, 0.3) is 0 Å². The first-order chi connectivity index (χ1) is 8.16. The SMILES string of the molecule is CS(=O)(=O)c1ccc(NCCCl)c(S(C)(=O)=O)c1. The van der Waals surface area contributed by atoms with Crippen molar-refractivity contribution in [3.8, 4) is 0 Å². The van der Waals surface area contributed by atoms with E-state index in [-0.39, 0.29) is 9.79 Å². The minimum atomic E-state index is -3.52. The molecular weight excluding hydrogens is 298 g/mol. The summed E-state index contributed by atoms with van der Waals surface area (Å²) in [7, 11) is -6.96. The van der Waals surface area contributed by atoms with Gasteiger partial charge in [0.1, 0.15) is 0 Å². The van der Waals surface area contributed by atoms with Crippen LogP contribution in [0, 0.1) is 0 Å². The average molecular weight is 312 g/mol. The van der Waals surface area contributed by atoms with Crippen molar-refractivity contribution >= 4 is 37.0 Å². The minimum absolute atomic E-state index is 0.0284. The Labute approximate surface area is 112 Å². The molecule has 102 valence electrons. The van der Waals surface area contributed by atoms with Crippen LogP contribution in [0.1, 0.15) is 0 Å². The first kappa shape index (κ1) is 15.3. The Bertz CT molecular complexity index is 638. The molecule has 0 heterocycles. The van der Waals surface area contributed by atoms with Gasteiger partial charge in [-0.05, 0) is 18.2 Å². The van der Waals surface area contributed by atoms with Crippen molar-refractivity contribution in [2.24, 2.45) is 0 Å². The average Bonchev–Trinajstić information content (AvgIpc) is 2.23. The highest BCUT2D eigenvalue weighted by molar-refractivity contribution is 7.91. The summed E-state index contributed by atoms with van der Waals surface area (Å²) in [6, 6.07) is 3.95. The van der Waals surface area contributed by atoms with E-state index in [1.807, 2.05) is 0 Å². The molecule has 0 aliphatic heterocycles. The summed E-state index contributed by atoms with van der Waals surface area (Å²) in [6.07, 6.45) is 2.06. The van der Waals surface area contributed by atoms with Gasteiger partial charge in [-0.15, -0.1) is 11.6 Å². The predicted octanol–water partition coefficient (Wildman–Crippen LogP) is 1.14. The van der Waals surface area contributed by atoms with Crippen LogP contribution in [0.5, 0.6) is 0 Å². The summed E-state index contributed by atoms with van der Waals surface area (Å²) in [5.74, 6) is 0.316. The molecule has 0 amide bonds. The lowest BCUT2D eigenvalue weighted by Gasteiger charge is -2.11. The normalized spacial score (nSPS) is 12.4. The Hall–Kier alpha value is -0.790. The fourth-order valence-corrected chi connectivity index (χ4v) is 3.07. The summed E-state index contributed by atoms with van der Waals surface area (Å²) >= 11 is 5.51. The summed E-state index contributed by atoms with van der Waals surface area (Å²) < 4.78 is 46.1. The molecule has 0 aromatic heterocycles. The van der Waals surface area contributed by atoms with Gasteiger partial charge < -0.3 is 5.32 Å². The zero-order valence-electron chi connectivity index (χ0n) is 9.97. The molecule has 1 aromatic rings. The summed E-state index contributed by atoms with van der Waals surface area (Å²) in [5, 5.41) is 2.84. The van der Waals surface area contributed by atoms with Gasteiger partial charge in [-0.25, -0.2) is 16.8 Å². The molecule has 5 nitrogen and oxygen atoms in total. The van der Waals surface area contributed by atoms with E-state index in [0.717, 1.165) is 18.6 Å². The van der Waals surface area contributed by atoms with Gasteiger partial charge in [0.15, 0.2) is 19.7 Å². The van der Waals surface area contributed by atoms with Crippen molar-refractivity contribution in [3.05, 3.63) is 18.2 Å². The third-order valence-corrected chi connectivity index (χ3v) is 4.63. The predicted molar refractivity (Wildman–Crippen MR) is 71.9 cm³/mol. The van der Waals surface area contributed by atoms with Gasteiger partial charge in [-0.3, -0.25) is 0 Å². The van der Waals surface area contributed by atoms with Crippen molar-refractivity contribution in [1.82, 2.24) is 0 Å². The second kappa shape index (κ2) is 5.46. The van der Waals surface area contributed by atoms with Gasteiger partial charge in [-0.1, -0.05) is 0 Å². The molecule has 0 saturated carbocycles. The molecule has 1 rings (SSSR count). The van der Waals surface area contributed by atoms with E-state index >= 15 is 0 Å². The van der Waals surface area contributed by atoms with Gasteiger partial charge in [-0.2, -0.15) is 0 Å². The fourth-order valence-electron chi connectivity index (χ4n) is 1.37. The highest BCUT2D eigenvalue weighted by Gasteiger charge is 2.17. The Morgan fingerprint density at radius 2 is 1.72 bits per heavy atom. The molecule has 1 aromatic carbocycles. The maximum Gasteiger partial charge on any atom is 0.177 e. The van der Waals surface area contributed by atoms with Crippen LogP contribution in [0.3, 0.4) is 0 Å². The molecule has 8 heteroatoms. The lowest BCUT2D eigenvalue weighted by atomic mass is 10.3. The smallest absolute Gasteiger partial charge is 0.177 e. The van der Waals surface area contributed by atoms with Crippen molar-refractivity contribution in [3.63, 3.8) is 0 Å². The number of hydrogen-bond acceptors (Lipinski definition) is 5. The lowest BCUT2D eigenvalue weighted by molar-refractivity contribution is 0.600. The van der Waals surface area contributed by atoms with Crippen LogP contribution in [0.4, 0.5) is 5.69 Å². The van der Waals surface area contributed by atoms with E-state index < -0.39 is 19.7 Å². The van der Waals surface area contributed by atoms with Crippen LogP contribution in [0.25, 0.3) is 0 Å². The molecule has 0 aliphatic rings. The number of anilines is 1. The lowest BCUT2D eigenvalue weighted by Crippen LogP contribution is -2.09. The second-order valence-electron chi connectivity index (χ2n) is 3.82. The summed E-state index contributed by atoms with van der Waals surface area (Å²) in [5.41, 5.74) is 0.352. The van der Waals surface area contributed by atoms with E-state index in [4.69, 9.17) is 11.6 Å². The maximum atomic E-state index is 11.6. The third kappa shape index (κ3) is 3.86. The largest absolute Gasteiger partial charge is 0.383 e. The van der Waals surface area contributed by atoms with E-state index in [0.29, 0.717) is 18.1 Å². The van der Waals surface area contributed by atoms with Crippen LogP contribution in [-0.2, 0) is 19.7 Å². The molecule has 0 spiro atoms. The second-order valence-corrected chi connectivity index (χ2v) is 8.20. The Balaban J connectivity index is 3.40. The van der Waals surface area contributed by atoms with Crippen LogP contribution in [-0.4, -0.2) is 41.8 Å². The minimum Gasteiger partial charge on any atom is -0.383 e. The molecule has 0 aliphatic carbocycles. The fraction of sp³-hybridized carbons (Fsp3) is 0.400. The highest BCUT2D eigenvalue weighted by Crippen LogP contribution is 2.24. The molecule has 18 heavy (non-hydrogen) atoms. The zero-order valence-corrected chi connectivity index (χ0v) is 12.4. The molecule has 0 bridgehead atoms. The number of rotatable bonds is 5. The van der Waals surface area contributed by atoms with E-state index in [1.165, 1.54) is 12.1 Å². The number of hydrogen-bond donors (Lipinski definition) is 1. The Kier molecular flexibility index (Phi) is 4.63. The number of nitrogens with one attached hydrogen (secondary N) is 1. The molecule has 0 radical (unpaired) electrons. The molecule has 1 N–H and O–H groups in total. The standard InChI is InChI=1S/C10H14ClNO4S2/c1-17(13,14)8-3-4-9(12-6-5-11)10(7-8)18(2,15)16/h3-4,7,12H,5-6H2,1-2H3. The maximum absolute atomic E-state index is 11.6. The number of benzene rings is 1. The van der Waals surface area contributed by atoms with Crippen LogP contribution in [0.2, 0.25) is 0 Å². The third-order valence-electron chi connectivity index (χ3n) is 2.19. The van der Waals surface area contributed by atoms with Gasteiger partial charge in [0.05, 0.1) is 15.5 Å². The topological polar surface area (TPSA) is 80.3 Å². The van der Waals surface area contributed by atoms with E-state index in [1.54, 1.807) is 0 Å². The molecule has 0 atom stereocenters. The monoisotopic (exact) mass is 311 g/mol. The van der Waals surface area contributed by atoms with E-state index in [9.17, 15) is 16.8 Å². The van der Waals surface area contributed by atoms with Crippen molar-refractivity contribution in [2.75, 3.05) is 30.3 Å². The highest BCUT2D eigenvalue weighted by atomic mass is 35.5. The van der Waals surface area contributed by atoms with Crippen molar-refractivity contribution < 1.29 is 16.8 Å². The Morgan fingerprint density at radius 3 is 2.17 bits per heavy atom. The molecule has 0 saturated heterocycles. The Morgan fingerprint density at radius 1 is 1.11 bits per heavy atom. The van der Waals surface area contributed by atoms with Crippen LogP contribution < -0.4 is 5.32 Å². The van der Waals surface area contributed by atoms with Crippen LogP contribution in [0.15, 0.2) is 28.0 Å².